The van der Waals surface area contributed by atoms with Crippen LogP contribution in [0.2, 0.25) is 0 Å². The standard InChI is InChI=1S/C30H53N5O4/c1-8-22-15-17-23(18-16-22)33-27(37)24(13-12-20-32-29(31)39)34-28(38)26(21(2)3)35(7)25(36)14-10-9-11-19-30(4,5)6/h15,17,21,24,26H,8-14,16,18-20H2,1-7H3,(H,33,37)(H,34,38)(H3,31,32,39)/t24-,26-/m0/s1. The average Bonchev–Trinajstić information content (AvgIpc) is 2.84. The van der Waals surface area contributed by atoms with E-state index in [1.165, 1.54) is 10.5 Å². The van der Waals surface area contributed by atoms with Gasteiger partial charge in [-0.15, -0.1) is 0 Å². The largest absolute Gasteiger partial charge is 0.352 e. The highest BCUT2D eigenvalue weighted by Gasteiger charge is 2.32. The summed E-state index contributed by atoms with van der Waals surface area (Å²) in [6, 6.07) is -2.15. The Morgan fingerprint density at radius 2 is 1.69 bits per heavy atom. The number of urea groups is 1. The minimum atomic E-state index is -0.813. The number of nitrogens with zero attached hydrogens (tertiary/aromatic N) is 1. The van der Waals surface area contributed by atoms with Gasteiger partial charge in [-0.1, -0.05) is 66.0 Å². The monoisotopic (exact) mass is 547 g/mol. The van der Waals surface area contributed by atoms with Gasteiger partial charge in [0.25, 0.3) is 0 Å². The summed E-state index contributed by atoms with van der Waals surface area (Å²) in [5, 5.41) is 8.37. The lowest BCUT2D eigenvalue weighted by atomic mass is 9.89. The molecule has 0 radical (unpaired) electrons. The predicted molar refractivity (Wildman–Crippen MR) is 157 cm³/mol. The Morgan fingerprint density at radius 3 is 2.23 bits per heavy atom. The molecule has 0 saturated heterocycles. The SMILES string of the molecule is CCC1=CC=C(NC(=O)[C@H](CCCNC(N)=O)NC(=O)[C@H](C(C)C)N(C)C(=O)CCCCCC(C)(C)C)CC1. The van der Waals surface area contributed by atoms with Crippen LogP contribution < -0.4 is 21.7 Å². The van der Waals surface area contributed by atoms with Crippen molar-refractivity contribution in [2.24, 2.45) is 17.1 Å². The van der Waals surface area contributed by atoms with Crippen LogP contribution in [0.3, 0.4) is 0 Å². The normalized spacial score (nSPS) is 15.1. The zero-order chi connectivity index (χ0) is 29.6. The quantitative estimate of drug-likeness (QED) is 0.211. The topological polar surface area (TPSA) is 134 Å². The molecule has 2 atom stereocenters. The molecular weight excluding hydrogens is 494 g/mol. The first-order valence-corrected chi connectivity index (χ1v) is 14.5. The van der Waals surface area contributed by atoms with Crippen molar-refractivity contribution in [3.63, 3.8) is 0 Å². The summed E-state index contributed by atoms with van der Waals surface area (Å²) in [7, 11) is 1.66. The van der Waals surface area contributed by atoms with Gasteiger partial charge < -0.3 is 26.6 Å². The number of rotatable bonds is 16. The number of nitrogens with one attached hydrogen (secondary N) is 3. The third-order valence-electron chi connectivity index (χ3n) is 7.10. The first kappa shape index (κ1) is 34.2. The molecule has 0 aromatic heterocycles. The molecule has 39 heavy (non-hydrogen) atoms. The van der Waals surface area contributed by atoms with Crippen molar-refractivity contribution in [1.82, 2.24) is 20.9 Å². The number of allylic oxidation sites excluding steroid dienone is 4. The number of unbranched alkanes of at least 4 members (excludes halogenated alkanes) is 2. The van der Waals surface area contributed by atoms with Crippen LogP contribution in [0, 0.1) is 11.3 Å². The number of carbonyl (C=O) groups excluding carboxylic acids is 4. The van der Waals surface area contributed by atoms with Gasteiger partial charge in [-0.05, 0) is 62.4 Å². The lowest BCUT2D eigenvalue weighted by Crippen LogP contribution is -2.55. The molecule has 0 bridgehead atoms. The molecule has 0 fully saturated rings. The van der Waals surface area contributed by atoms with Gasteiger partial charge in [0.15, 0.2) is 0 Å². The Kier molecular flexibility index (Phi) is 14.9. The van der Waals surface area contributed by atoms with Crippen LogP contribution in [0.25, 0.3) is 0 Å². The molecule has 1 aliphatic rings. The van der Waals surface area contributed by atoms with Crippen molar-refractivity contribution < 1.29 is 19.2 Å². The summed E-state index contributed by atoms with van der Waals surface area (Å²) >= 11 is 0. The van der Waals surface area contributed by atoms with Gasteiger partial charge in [-0.2, -0.15) is 0 Å². The third kappa shape index (κ3) is 13.7. The van der Waals surface area contributed by atoms with E-state index in [-0.39, 0.29) is 29.1 Å². The maximum atomic E-state index is 13.4. The number of hydrogen-bond donors (Lipinski definition) is 4. The fourth-order valence-electron chi connectivity index (χ4n) is 4.73. The molecule has 0 aliphatic heterocycles. The summed E-state index contributed by atoms with van der Waals surface area (Å²) < 4.78 is 0. The molecule has 5 N–H and O–H groups in total. The molecule has 0 spiro atoms. The number of amides is 5. The van der Waals surface area contributed by atoms with E-state index in [1.54, 1.807) is 7.05 Å². The van der Waals surface area contributed by atoms with Crippen molar-refractivity contribution in [3.05, 3.63) is 23.4 Å². The molecule has 0 saturated carbocycles. The second-order valence-corrected chi connectivity index (χ2v) is 12.2. The fraction of sp³-hybridized carbons (Fsp3) is 0.733. The molecule has 0 unspecified atom stereocenters. The van der Waals surface area contributed by atoms with Gasteiger partial charge in [-0.3, -0.25) is 14.4 Å². The first-order chi connectivity index (χ1) is 18.2. The van der Waals surface area contributed by atoms with Crippen LogP contribution in [0.15, 0.2) is 23.4 Å². The minimum Gasteiger partial charge on any atom is -0.352 e. The van der Waals surface area contributed by atoms with Crippen LogP contribution in [-0.2, 0) is 14.4 Å². The minimum absolute atomic E-state index is 0.0721. The van der Waals surface area contributed by atoms with Gasteiger partial charge in [-0.25, -0.2) is 4.79 Å². The second kappa shape index (κ2) is 17.0. The molecule has 1 rings (SSSR count). The maximum absolute atomic E-state index is 13.4. The second-order valence-electron chi connectivity index (χ2n) is 12.2. The van der Waals surface area contributed by atoms with Crippen molar-refractivity contribution in [1.29, 1.82) is 0 Å². The zero-order valence-electron chi connectivity index (χ0n) is 25.3. The van der Waals surface area contributed by atoms with Crippen LogP contribution in [0.4, 0.5) is 4.79 Å². The van der Waals surface area contributed by atoms with Gasteiger partial charge in [0.1, 0.15) is 12.1 Å². The van der Waals surface area contributed by atoms with Gasteiger partial charge >= 0.3 is 6.03 Å². The van der Waals surface area contributed by atoms with Gasteiger partial charge in [0, 0.05) is 25.7 Å². The Hall–Kier alpha value is -2.84. The maximum Gasteiger partial charge on any atom is 0.312 e. The van der Waals surface area contributed by atoms with Gasteiger partial charge in [0.2, 0.25) is 17.7 Å². The van der Waals surface area contributed by atoms with Crippen molar-refractivity contribution in [3.8, 4) is 0 Å². The summed E-state index contributed by atoms with van der Waals surface area (Å²) in [6.45, 7) is 12.8. The molecule has 5 amide bonds. The molecular formula is C30H53N5O4. The Bertz CT molecular complexity index is 888. The highest BCUT2D eigenvalue weighted by atomic mass is 16.2. The fourth-order valence-corrected chi connectivity index (χ4v) is 4.73. The summed E-state index contributed by atoms with van der Waals surface area (Å²) in [6.07, 6.45) is 11.6. The van der Waals surface area contributed by atoms with Crippen LogP contribution in [0.5, 0.6) is 0 Å². The van der Waals surface area contributed by atoms with E-state index in [2.05, 4.69) is 43.6 Å². The Morgan fingerprint density at radius 1 is 1.00 bits per heavy atom. The molecule has 222 valence electrons. The third-order valence-corrected chi connectivity index (χ3v) is 7.10. The summed E-state index contributed by atoms with van der Waals surface area (Å²) in [5.41, 5.74) is 7.57. The van der Waals surface area contributed by atoms with Crippen LogP contribution >= 0.6 is 0 Å². The van der Waals surface area contributed by atoms with Crippen molar-refractivity contribution in [2.75, 3.05) is 13.6 Å². The lowest BCUT2D eigenvalue weighted by molar-refractivity contribution is -0.141. The smallest absolute Gasteiger partial charge is 0.312 e. The van der Waals surface area contributed by atoms with E-state index in [4.69, 9.17) is 5.73 Å². The zero-order valence-corrected chi connectivity index (χ0v) is 25.3. The van der Waals surface area contributed by atoms with E-state index in [1.807, 2.05) is 26.0 Å². The number of primary amides is 1. The predicted octanol–water partition coefficient (Wildman–Crippen LogP) is 4.53. The highest BCUT2D eigenvalue weighted by molar-refractivity contribution is 5.92. The van der Waals surface area contributed by atoms with Crippen LogP contribution in [-0.4, -0.2) is 54.3 Å². The number of carbonyl (C=O) groups is 4. The first-order valence-electron chi connectivity index (χ1n) is 14.5. The molecule has 0 aromatic rings. The number of nitrogens with two attached hydrogens (primary N) is 1. The van der Waals surface area contributed by atoms with E-state index in [0.717, 1.165) is 50.6 Å². The van der Waals surface area contributed by atoms with E-state index in [9.17, 15) is 19.2 Å². The van der Waals surface area contributed by atoms with E-state index < -0.39 is 18.1 Å². The van der Waals surface area contributed by atoms with Crippen molar-refractivity contribution in [2.45, 2.75) is 118 Å². The van der Waals surface area contributed by atoms with E-state index >= 15 is 0 Å². The molecule has 9 heteroatoms. The molecule has 1 aliphatic carbocycles. The lowest BCUT2D eigenvalue weighted by Gasteiger charge is -2.32. The van der Waals surface area contributed by atoms with E-state index in [0.29, 0.717) is 25.8 Å². The Balaban J connectivity index is 2.85. The molecule has 9 nitrogen and oxygen atoms in total. The summed E-state index contributed by atoms with van der Waals surface area (Å²) in [5.74, 6) is -0.879. The Labute approximate surface area is 235 Å². The van der Waals surface area contributed by atoms with Crippen molar-refractivity contribution >= 4 is 23.8 Å². The summed E-state index contributed by atoms with van der Waals surface area (Å²) in [4.78, 5) is 52.2. The number of hydrogen-bond acceptors (Lipinski definition) is 4. The molecule has 0 aromatic carbocycles. The van der Waals surface area contributed by atoms with Crippen LogP contribution in [0.1, 0.15) is 106 Å². The molecule has 0 heterocycles. The van der Waals surface area contributed by atoms with Gasteiger partial charge in [0.05, 0.1) is 0 Å². The average molecular weight is 548 g/mol. The number of likely N-dealkylation sites (N-methyl/N-ethyl adjacent to an activating group) is 1. The highest BCUT2D eigenvalue weighted by Crippen LogP contribution is 2.23.